The molecule has 0 saturated heterocycles. The zero-order valence-corrected chi connectivity index (χ0v) is 11.7. The van der Waals surface area contributed by atoms with E-state index in [9.17, 15) is 4.79 Å². The third-order valence-corrected chi connectivity index (χ3v) is 2.75. The standard InChI is InChI=1S/C12H10O.C5H6.Fe/c13-12(11-8-4-5-9-11)10-6-2-1-3-7-10;1-2-4-5-3-1;/h1-8H,9H2;1-4H,5H2;. The number of carbonyl (C=O) groups is 1. The molecule has 0 unspecified atom stereocenters. The summed E-state index contributed by atoms with van der Waals surface area (Å²) in [6.45, 7) is 0. The van der Waals surface area contributed by atoms with Gasteiger partial charge in [0.25, 0.3) is 0 Å². The van der Waals surface area contributed by atoms with Crippen LogP contribution in [0.15, 0.2) is 78.4 Å². The number of rotatable bonds is 2. The van der Waals surface area contributed by atoms with Crippen molar-refractivity contribution in [2.45, 2.75) is 12.8 Å². The number of allylic oxidation sites excluding steroid dienone is 8. The Hall–Kier alpha value is -1.63. The van der Waals surface area contributed by atoms with Crippen molar-refractivity contribution in [3.63, 3.8) is 0 Å². The molecule has 1 aromatic rings. The summed E-state index contributed by atoms with van der Waals surface area (Å²) in [5.74, 6) is 0.144. The minimum Gasteiger partial charge on any atom is -0.289 e. The van der Waals surface area contributed by atoms with E-state index < -0.39 is 0 Å². The van der Waals surface area contributed by atoms with Gasteiger partial charge in [0.15, 0.2) is 5.78 Å². The average molecular weight is 292 g/mol. The van der Waals surface area contributed by atoms with Gasteiger partial charge in [-0.05, 0) is 12.8 Å². The summed E-state index contributed by atoms with van der Waals surface area (Å²) >= 11 is 0. The van der Waals surface area contributed by atoms with Crippen LogP contribution in [0.25, 0.3) is 0 Å². The second-order valence-corrected chi connectivity index (χ2v) is 4.11. The van der Waals surface area contributed by atoms with Crippen LogP contribution in [0.1, 0.15) is 23.2 Å². The first-order valence-electron chi connectivity index (χ1n) is 6.15. The van der Waals surface area contributed by atoms with Crippen LogP contribution in [-0.4, -0.2) is 5.78 Å². The van der Waals surface area contributed by atoms with E-state index in [1.165, 1.54) is 0 Å². The molecule has 0 aromatic heterocycles. The van der Waals surface area contributed by atoms with E-state index in [0.717, 1.165) is 24.0 Å². The SMILES string of the molecule is C1=CCC=C1.O=C(C1=CC=CC1)c1ccccc1.[Fe]. The first-order chi connectivity index (χ1) is 8.88. The van der Waals surface area contributed by atoms with Crippen molar-refractivity contribution in [1.82, 2.24) is 0 Å². The van der Waals surface area contributed by atoms with Crippen molar-refractivity contribution in [3.8, 4) is 0 Å². The maximum atomic E-state index is 11.7. The van der Waals surface area contributed by atoms with Gasteiger partial charge >= 0.3 is 0 Å². The minimum absolute atomic E-state index is 0. The van der Waals surface area contributed by atoms with Crippen LogP contribution >= 0.6 is 0 Å². The maximum Gasteiger partial charge on any atom is 0.189 e. The summed E-state index contributed by atoms with van der Waals surface area (Å²) in [7, 11) is 0. The Balaban J connectivity index is 0.000000256. The van der Waals surface area contributed by atoms with Gasteiger partial charge in [0.1, 0.15) is 0 Å². The summed E-state index contributed by atoms with van der Waals surface area (Å²) in [5, 5.41) is 0. The molecule has 1 aromatic carbocycles. The number of Topliss-reactive ketones (excluding diaryl/α,β-unsaturated/α-hetero) is 1. The molecule has 3 rings (SSSR count). The van der Waals surface area contributed by atoms with Crippen molar-refractivity contribution in [2.24, 2.45) is 0 Å². The maximum absolute atomic E-state index is 11.7. The fourth-order valence-corrected chi connectivity index (χ4v) is 1.78. The third kappa shape index (κ3) is 4.86. The molecular weight excluding hydrogens is 276 g/mol. The molecule has 0 atom stereocenters. The number of ketones is 1. The van der Waals surface area contributed by atoms with Crippen LogP contribution < -0.4 is 0 Å². The summed E-state index contributed by atoms with van der Waals surface area (Å²) < 4.78 is 0. The first kappa shape index (κ1) is 15.4. The van der Waals surface area contributed by atoms with Crippen LogP contribution in [-0.2, 0) is 17.1 Å². The van der Waals surface area contributed by atoms with E-state index in [1.807, 2.05) is 48.6 Å². The molecule has 0 saturated carbocycles. The van der Waals surface area contributed by atoms with Crippen molar-refractivity contribution in [1.29, 1.82) is 0 Å². The summed E-state index contributed by atoms with van der Waals surface area (Å²) in [5.41, 5.74) is 1.66. The van der Waals surface area contributed by atoms with Gasteiger partial charge in [-0.15, -0.1) is 0 Å². The Bertz CT molecular complexity index is 511. The van der Waals surface area contributed by atoms with E-state index >= 15 is 0 Å². The fraction of sp³-hybridized carbons (Fsp3) is 0.118. The Morgan fingerprint density at radius 3 is 2.05 bits per heavy atom. The molecule has 2 aliphatic carbocycles. The molecule has 0 radical (unpaired) electrons. The molecule has 0 heterocycles. The van der Waals surface area contributed by atoms with E-state index in [2.05, 4.69) is 24.3 Å². The van der Waals surface area contributed by atoms with E-state index in [0.29, 0.717) is 0 Å². The predicted molar refractivity (Wildman–Crippen MR) is 75.5 cm³/mol. The second-order valence-electron chi connectivity index (χ2n) is 4.11. The Morgan fingerprint density at radius 1 is 0.895 bits per heavy atom. The van der Waals surface area contributed by atoms with Crippen molar-refractivity contribution >= 4 is 5.78 Å². The van der Waals surface area contributed by atoms with Gasteiger partial charge < -0.3 is 0 Å². The molecule has 0 aliphatic heterocycles. The molecule has 19 heavy (non-hydrogen) atoms. The molecule has 2 aliphatic rings. The van der Waals surface area contributed by atoms with Gasteiger partial charge in [0, 0.05) is 28.2 Å². The minimum atomic E-state index is 0. The first-order valence-corrected chi connectivity index (χ1v) is 6.15. The van der Waals surface area contributed by atoms with Crippen LogP contribution in [0.3, 0.4) is 0 Å². The quantitative estimate of drug-likeness (QED) is 0.588. The number of carbonyl (C=O) groups excluding carboxylic acids is 1. The summed E-state index contributed by atoms with van der Waals surface area (Å²) in [6, 6.07) is 9.38. The monoisotopic (exact) mass is 292 g/mol. The third-order valence-electron chi connectivity index (χ3n) is 2.75. The second kappa shape index (κ2) is 8.47. The molecule has 0 spiro atoms. The molecule has 0 N–H and O–H groups in total. The molecule has 0 bridgehead atoms. The normalized spacial score (nSPS) is 14.4. The van der Waals surface area contributed by atoms with Crippen LogP contribution in [0.2, 0.25) is 0 Å². The van der Waals surface area contributed by atoms with Gasteiger partial charge in [-0.1, -0.05) is 72.9 Å². The molecule has 0 amide bonds. The van der Waals surface area contributed by atoms with Gasteiger partial charge in [-0.2, -0.15) is 0 Å². The molecule has 0 fully saturated rings. The number of benzene rings is 1. The largest absolute Gasteiger partial charge is 0.289 e. The molecule has 1 nitrogen and oxygen atoms in total. The van der Waals surface area contributed by atoms with Gasteiger partial charge in [0.05, 0.1) is 0 Å². The van der Waals surface area contributed by atoms with Crippen LogP contribution in [0.5, 0.6) is 0 Å². The van der Waals surface area contributed by atoms with E-state index in [-0.39, 0.29) is 22.9 Å². The van der Waals surface area contributed by atoms with Crippen LogP contribution in [0.4, 0.5) is 0 Å². The van der Waals surface area contributed by atoms with Gasteiger partial charge in [0.2, 0.25) is 0 Å². The fourth-order valence-electron chi connectivity index (χ4n) is 1.78. The summed E-state index contributed by atoms with van der Waals surface area (Å²) in [6.07, 6.45) is 16.1. The zero-order chi connectivity index (χ0) is 12.6. The Labute approximate surface area is 124 Å². The molecule has 2 heteroatoms. The van der Waals surface area contributed by atoms with Crippen molar-refractivity contribution in [3.05, 3.63) is 84.0 Å². The number of hydrogen-bond acceptors (Lipinski definition) is 1. The van der Waals surface area contributed by atoms with E-state index in [1.54, 1.807) is 0 Å². The van der Waals surface area contributed by atoms with Crippen LogP contribution in [0, 0.1) is 0 Å². The Kier molecular flexibility index (Phi) is 6.88. The van der Waals surface area contributed by atoms with Gasteiger partial charge in [-0.25, -0.2) is 0 Å². The Morgan fingerprint density at radius 2 is 1.58 bits per heavy atom. The molecule has 98 valence electrons. The van der Waals surface area contributed by atoms with Crippen molar-refractivity contribution in [2.75, 3.05) is 0 Å². The zero-order valence-electron chi connectivity index (χ0n) is 10.6. The van der Waals surface area contributed by atoms with E-state index in [4.69, 9.17) is 0 Å². The number of hydrogen-bond donors (Lipinski definition) is 0. The molecular formula is C17H16FeO. The predicted octanol–water partition coefficient (Wildman–Crippen LogP) is 4.26. The van der Waals surface area contributed by atoms with Gasteiger partial charge in [-0.3, -0.25) is 4.79 Å². The average Bonchev–Trinajstić information content (AvgIpc) is 3.14. The smallest absolute Gasteiger partial charge is 0.189 e. The topological polar surface area (TPSA) is 17.1 Å². The van der Waals surface area contributed by atoms with Crippen molar-refractivity contribution < 1.29 is 21.9 Å². The summed E-state index contributed by atoms with van der Waals surface area (Å²) in [4.78, 5) is 11.7.